The van der Waals surface area contributed by atoms with E-state index in [0.717, 1.165) is 4.57 Å². The van der Waals surface area contributed by atoms with Crippen LogP contribution in [0.25, 0.3) is 0 Å². The zero-order valence-corrected chi connectivity index (χ0v) is 19.0. The summed E-state index contributed by atoms with van der Waals surface area (Å²) in [5, 5.41) is 0. The molecule has 2 aromatic rings. The fourth-order valence-corrected chi connectivity index (χ4v) is 3.53. The monoisotopic (exact) mass is 476 g/mol. The van der Waals surface area contributed by atoms with Gasteiger partial charge < -0.3 is 14.2 Å². The average molecular weight is 476 g/mol. The van der Waals surface area contributed by atoms with Crippen molar-refractivity contribution in [2.45, 2.75) is 58.5 Å². The zero-order valence-electron chi connectivity index (χ0n) is 19.0. The molecular formula is C23H25FN2O8. The second-order valence-electron chi connectivity index (χ2n) is 7.71. The molecule has 0 saturated carbocycles. The Morgan fingerprint density at radius 2 is 1.79 bits per heavy atom. The number of carbonyl (C=O) groups excluding carboxylic acids is 3. The lowest BCUT2D eigenvalue weighted by Gasteiger charge is -2.18. The Hall–Kier alpha value is -3.60. The molecule has 0 radical (unpaired) electrons. The first kappa shape index (κ1) is 25.0. The number of benzene rings is 1. The lowest BCUT2D eigenvalue weighted by atomic mass is 10.1. The molecule has 10 nitrogen and oxygen atoms in total. The van der Waals surface area contributed by atoms with Crippen molar-refractivity contribution in [1.82, 2.24) is 9.13 Å². The van der Waals surface area contributed by atoms with Gasteiger partial charge in [-0.2, -0.15) is 8.96 Å². The van der Waals surface area contributed by atoms with Crippen LogP contribution in [0.2, 0.25) is 0 Å². The van der Waals surface area contributed by atoms with E-state index in [-0.39, 0.29) is 36.0 Å². The van der Waals surface area contributed by atoms with Crippen molar-refractivity contribution in [3.05, 3.63) is 68.2 Å². The SMILES string of the molecule is CCC(=O)OC[C@H]1O[C@@H](n2cc(F)c(=O)n(C(=O)c3ccccc3C)c2=O)C[C@@H]1OC(=O)CC. The number of hydrogen-bond donors (Lipinski definition) is 0. The standard InChI is InChI=1S/C23H25FN2O8/c1-4-19(27)32-12-17-16(34-20(28)5-2)10-18(33-17)25-11-15(24)22(30)26(23(25)31)21(29)14-9-7-6-8-13(14)3/h6-9,11,16-18H,4-5,10,12H2,1-3H3/t16-,17+,18+/m0/s1. The summed E-state index contributed by atoms with van der Waals surface area (Å²) in [4.78, 5) is 61.9. The Morgan fingerprint density at radius 1 is 1.12 bits per heavy atom. The normalized spacial score (nSPS) is 19.6. The Balaban J connectivity index is 1.99. The van der Waals surface area contributed by atoms with E-state index in [1.165, 1.54) is 6.07 Å². The first-order valence-corrected chi connectivity index (χ1v) is 10.8. The van der Waals surface area contributed by atoms with Crippen LogP contribution in [0.5, 0.6) is 0 Å². The van der Waals surface area contributed by atoms with Gasteiger partial charge in [0.05, 0.1) is 6.20 Å². The minimum absolute atomic E-state index is 0.0605. The third-order valence-corrected chi connectivity index (χ3v) is 5.41. The van der Waals surface area contributed by atoms with Gasteiger partial charge in [0.15, 0.2) is 0 Å². The van der Waals surface area contributed by atoms with E-state index in [4.69, 9.17) is 14.2 Å². The molecule has 0 aliphatic carbocycles. The number of halogens is 1. The van der Waals surface area contributed by atoms with Gasteiger partial charge in [0.25, 0.3) is 11.5 Å². The minimum Gasteiger partial charge on any atom is -0.463 e. The van der Waals surface area contributed by atoms with Crippen molar-refractivity contribution in [3.63, 3.8) is 0 Å². The molecule has 1 fully saturated rings. The molecule has 1 aliphatic rings. The lowest BCUT2D eigenvalue weighted by molar-refractivity contribution is -0.157. The summed E-state index contributed by atoms with van der Waals surface area (Å²) in [6.45, 7) is 4.55. The number of carbonyl (C=O) groups is 3. The van der Waals surface area contributed by atoms with Crippen LogP contribution in [0.1, 0.15) is 55.3 Å². The minimum atomic E-state index is -1.39. The molecule has 0 unspecified atom stereocenters. The molecule has 3 atom stereocenters. The largest absolute Gasteiger partial charge is 0.463 e. The Labute approximate surface area is 193 Å². The Kier molecular flexibility index (Phi) is 7.77. The van der Waals surface area contributed by atoms with Crippen molar-refractivity contribution in [1.29, 1.82) is 0 Å². The maximum Gasteiger partial charge on any atom is 0.340 e. The molecular weight excluding hydrogens is 451 g/mol. The molecule has 1 aliphatic heterocycles. The van der Waals surface area contributed by atoms with Crippen LogP contribution in [0.4, 0.5) is 4.39 Å². The van der Waals surface area contributed by atoms with E-state index in [9.17, 15) is 28.4 Å². The average Bonchev–Trinajstić information content (AvgIpc) is 3.22. The van der Waals surface area contributed by atoms with E-state index in [1.54, 1.807) is 39.0 Å². The van der Waals surface area contributed by atoms with Gasteiger partial charge in [-0.25, -0.2) is 4.79 Å². The summed E-state index contributed by atoms with van der Waals surface area (Å²) in [5.41, 5.74) is -1.95. The van der Waals surface area contributed by atoms with Gasteiger partial charge in [-0.05, 0) is 18.6 Å². The predicted octanol–water partition coefficient (Wildman–Crippen LogP) is 1.71. The van der Waals surface area contributed by atoms with Gasteiger partial charge >= 0.3 is 17.6 Å². The van der Waals surface area contributed by atoms with E-state index >= 15 is 0 Å². The zero-order chi connectivity index (χ0) is 25.0. The van der Waals surface area contributed by atoms with Crippen LogP contribution in [-0.4, -0.2) is 45.8 Å². The molecule has 3 rings (SSSR count). The van der Waals surface area contributed by atoms with Crippen molar-refractivity contribution in [2.24, 2.45) is 0 Å². The predicted molar refractivity (Wildman–Crippen MR) is 116 cm³/mol. The first-order valence-electron chi connectivity index (χ1n) is 10.8. The van der Waals surface area contributed by atoms with Crippen molar-refractivity contribution >= 4 is 17.8 Å². The summed E-state index contributed by atoms with van der Waals surface area (Å²) >= 11 is 0. The van der Waals surface area contributed by atoms with Crippen molar-refractivity contribution in [3.8, 4) is 0 Å². The quantitative estimate of drug-likeness (QED) is 0.554. The first-order chi connectivity index (χ1) is 16.2. The summed E-state index contributed by atoms with van der Waals surface area (Å²) in [5.74, 6) is -3.37. The summed E-state index contributed by atoms with van der Waals surface area (Å²) in [6, 6.07) is 6.26. The van der Waals surface area contributed by atoms with Gasteiger partial charge in [-0.3, -0.25) is 23.7 Å². The van der Waals surface area contributed by atoms with Crippen LogP contribution in [0, 0.1) is 12.7 Å². The van der Waals surface area contributed by atoms with Crippen LogP contribution in [-0.2, 0) is 23.8 Å². The molecule has 0 bridgehead atoms. The topological polar surface area (TPSA) is 123 Å². The van der Waals surface area contributed by atoms with Gasteiger partial charge in [-0.1, -0.05) is 32.0 Å². The van der Waals surface area contributed by atoms with E-state index < -0.39 is 53.3 Å². The van der Waals surface area contributed by atoms with Gasteiger partial charge in [0.2, 0.25) is 5.82 Å². The summed E-state index contributed by atoms with van der Waals surface area (Å²) in [6.07, 6.45) is -2.26. The van der Waals surface area contributed by atoms with Gasteiger partial charge in [0, 0.05) is 24.8 Å². The van der Waals surface area contributed by atoms with E-state index in [0.29, 0.717) is 11.8 Å². The fourth-order valence-electron chi connectivity index (χ4n) is 3.53. The molecule has 0 N–H and O–H groups in total. The molecule has 1 aromatic heterocycles. The number of ether oxygens (including phenoxy) is 3. The molecule has 11 heteroatoms. The highest BCUT2D eigenvalue weighted by molar-refractivity contribution is 5.97. The number of rotatable bonds is 7. The molecule has 0 amide bonds. The van der Waals surface area contributed by atoms with Crippen molar-refractivity contribution in [2.75, 3.05) is 6.61 Å². The highest BCUT2D eigenvalue weighted by Crippen LogP contribution is 2.30. The third kappa shape index (κ3) is 5.14. The number of esters is 2. The van der Waals surface area contributed by atoms with Crippen LogP contribution in [0.3, 0.4) is 0 Å². The third-order valence-electron chi connectivity index (χ3n) is 5.41. The van der Waals surface area contributed by atoms with E-state index in [1.807, 2.05) is 0 Å². The number of aryl methyl sites for hydroxylation is 1. The highest BCUT2D eigenvalue weighted by Gasteiger charge is 2.40. The van der Waals surface area contributed by atoms with Crippen LogP contribution < -0.4 is 11.2 Å². The molecule has 182 valence electrons. The molecule has 2 heterocycles. The van der Waals surface area contributed by atoms with Crippen LogP contribution >= 0.6 is 0 Å². The van der Waals surface area contributed by atoms with Crippen molar-refractivity contribution < 1.29 is 33.0 Å². The summed E-state index contributed by atoms with van der Waals surface area (Å²) < 4.78 is 31.7. The maximum absolute atomic E-state index is 14.6. The fraction of sp³-hybridized carbons (Fsp3) is 0.435. The molecule has 1 aromatic carbocycles. The maximum atomic E-state index is 14.6. The highest BCUT2D eigenvalue weighted by atomic mass is 19.1. The molecule has 1 saturated heterocycles. The molecule has 0 spiro atoms. The van der Waals surface area contributed by atoms with Gasteiger partial charge in [-0.15, -0.1) is 0 Å². The Bertz CT molecular complexity index is 1220. The molecule has 34 heavy (non-hydrogen) atoms. The lowest BCUT2D eigenvalue weighted by Crippen LogP contribution is -2.46. The number of nitrogens with zero attached hydrogens (tertiary/aromatic N) is 2. The number of aromatic nitrogens is 2. The number of hydrogen-bond acceptors (Lipinski definition) is 8. The Morgan fingerprint density at radius 3 is 2.44 bits per heavy atom. The smallest absolute Gasteiger partial charge is 0.340 e. The second-order valence-corrected chi connectivity index (χ2v) is 7.71. The van der Waals surface area contributed by atoms with E-state index in [2.05, 4.69) is 0 Å². The van der Waals surface area contributed by atoms with Gasteiger partial charge in [0.1, 0.15) is 25.0 Å². The van der Waals surface area contributed by atoms with Crippen LogP contribution in [0.15, 0.2) is 40.1 Å². The second kappa shape index (κ2) is 10.6. The summed E-state index contributed by atoms with van der Waals surface area (Å²) in [7, 11) is 0.